The minimum atomic E-state index is -1.30. The molecule has 1 aliphatic rings. The van der Waals surface area contributed by atoms with E-state index in [2.05, 4.69) is 4.98 Å². The van der Waals surface area contributed by atoms with Crippen LogP contribution in [0.25, 0.3) is 0 Å². The SMILES string of the molecule is Cc1[nH]ccc1C(=O)N1CCc2cc(F)c(C(=O)O)cc2C1. The first-order valence-electron chi connectivity index (χ1n) is 6.95. The summed E-state index contributed by atoms with van der Waals surface area (Å²) in [6, 6.07) is 4.32. The number of aryl methyl sites for hydroxylation is 1. The first-order valence-corrected chi connectivity index (χ1v) is 6.95. The summed E-state index contributed by atoms with van der Waals surface area (Å²) in [6.07, 6.45) is 2.22. The summed E-state index contributed by atoms with van der Waals surface area (Å²) in [7, 11) is 0. The predicted molar refractivity (Wildman–Crippen MR) is 77.3 cm³/mol. The van der Waals surface area contributed by atoms with Crippen LogP contribution in [0.3, 0.4) is 0 Å². The van der Waals surface area contributed by atoms with Crippen LogP contribution in [-0.4, -0.2) is 33.4 Å². The van der Waals surface area contributed by atoms with Crippen molar-refractivity contribution in [3.8, 4) is 0 Å². The summed E-state index contributed by atoms with van der Waals surface area (Å²) in [5.74, 6) is -2.14. The van der Waals surface area contributed by atoms with E-state index in [4.69, 9.17) is 5.11 Å². The van der Waals surface area contributed by atoms with Gasteiger partial charge < -0.3 is 15.0 Å². The Morgan fingerprint density at radius 3 is 2.68 bits per heavy atom. The molecule has 1 aliphatic heterocycles. The van der Waals surface area contributed by atoms with Crippen molar-refractivity contribution in [2.75, 3.05) is 6.54 Å². The van der Waals surface area contributed by atoms with Gasteiger partial charge in [0.25, 0.3) is 5.91 Å². The minimum Gasteiger partial charge on any atom is -0.478 e. The maximum Gasteiger partial charge on any atom is 0.338 e. The predicted octanol–water partition coefficient (Wildman–Crippen LogP) is 2.36. The van der Waals surface area contributed by atoms with Crippen LogP contribution in [0.1, 0.15) is 37.5 Å². The number of aromatic nitrogens is 1. The van der Waals surface area contributed by atoms with Crippen molar-refractivity contribution >= 4 is 11.9 Å². The number of hydrogen-bond acceptors (Lipinski definition) is 2. The molecule has 0 saturated carbocycles. The molecule has 1 amide bonds. The van der Waals surface area contributed by atoms with Crippen LogP contribution in [0.4, 0.5) is 4.39 Å². The highest BCUT2D eigenvalue weighted by molar-refractivity contribution is 5.95. The van der Waals surface area contributed by atoms with Gasteiger partial charge in [-0.05, 0) is 42.7 Å². The van der Waals surface area contributed by atoms with E-state index in [0.29, 0.717) is 30.6 Å². The van der Waals surface area contributed by atoms with E-state index in [1.165, 1.54) is 12.1 Å². The first kappa shape index (κ1) is 14.3. The number of rotatable bonds is 2. The Balaban J connectivity index is 1.90. The summed E-state index contributed by atoms with van der Waals surface area (Å²) in [5, 5.41) is 9.00. The molecule has 2 N–H and O–H groups in total. The van der Waals surface area contributed by atoms with E-state index in [1.54, 1.807) is 17.2 Å². The Hall–Kier alpha value is -2.63. The van der Waals surface area contributed by atoms with Crippen LogP contribution in [0.15, 0.2) is 24.4 Å². The lowest BCUT2D eigenvalue weighted by atomic mass is 9.96. The van der Waals surface area contributed by atoms with Gasteiger partial charge in [0, 0.05) is 25.0 Å². The van der Waals surface area contributed by atoms with Gasteiger partial charge in [-0.2, -0.15) is 0 Å². The second-order valence-corrected chi connectivity index (χ2v) is 5.40. The molecule has 6 heteroatoms. The summed E-state index contributed by atoms with van der Waals surface area (Å²) < 4.78 is 13.7. The average Bonchev–Trinajstić information content (AvgIpc) is 2.91. The van der Waals surface area contributed by atoms with E-state index in [0.717, 1.165) is 11.3 Å². The molecule has 22 heavy (non-hydrogen) atoms. The zero-order valence-corrected chi connectivity index (χ0v) is 12.0. The fraction of sp³-hybridized carbons (Fsp3) is 0.250. The largest absolute Gasteiger partial charge is 0.478 e. The third-order valence-electron chi connectivity index (χ3n) is 4.00. The van der Waals surface area contributed by atoms with Crippen LogP contribution in [0, 0.1) is 12.7 Å². The van der Waals surface area contributed by atoms with Gasteiger partial charge in [0.15, 0.2) is 0 Å². The number of carboxylic acids is 1. The monoisotopic (exact) mass is 302 g/mol. The first-order chi connectivity index (χ1) is 10.5. The van der Waals surface area contributed by atoms with E-state index < -0.39 is 11.8 Å². The molecule has 0 aliphatic carbocycles. The third-order valence-corrected chi connectivity index (χ3v) is 4.00. The number of aromatic amines is 1. The van der Waals surface area contributed by atoms with Crippen LogP contribution < -0.4 is 0 Å². The normalized spacial score (nSPS) is 13.8. The molecule has 2 aromatic rings. The molecule has 1 aromatic heterocycles. The minimum absolute atomic E-state index is 0.106. The van der Waals surface area contributed by atoms with E-state index >= 15 is 0 Å². The van der Waals surface area contributed by atoms with Gasteiger partial charge in [-0.3, -0.25) is 4.79 Å². The standard InChI is InChI=1S/C16H15FN2O3/c1-9-12(2-4-18-9)15(20)19-5-3-10-7-14(17)13(16(21)22)6-11(10)8-19/h2,4,6-7,18H,3,5,8H2,1H3,(H,21,22). The summed E-state index contributed by atoms with van der Waals surface area (Å²) in [6.45, 7) is 2.60. The van der Waals surface area contributed by atoms with Crippen molar-refractivity contribution in [3.05, 3.63) is 58.2 Å². The molecule has 0 bridgehead atoms. The van der Waals surface area contributed by atoms with Crippen molar-refractivity contribution in [3.63, 3.8) is 0 Å². The van der Waals surface area contributed by atoms with Crippen molar-refractivity contribution in [1.29, 1.82) is 0 Å². The maximum absolute atomic E-state index is 13.7. The molecule has 2 heterocycles. The molecule has 114 valence electrons. The number of carboxylic acid groups (broad SMARTS) is 1. The fourth-order valence-corrected chi connectivity index (χ4v) is 2.77. The fourth-order valence-electron chi connectivity index (χ4n) is 2.77. The smallest absolute Gasteiger partial charge is 0.338 e. The third kappa shape index (κ3) is 2.36. The number of carbonyl (C=O) groups excluding carboxylic acids is 1. The summed E-state index contributed by atoms with van der Waals surface area (Å²) >= 11 is 0. The van der Waals surface area contributed by atoms with Gasteiger partial charge in [-0.1, -0.05) is 0 Å². The Labute approximate surface area is 126 Å². The highest BCUT2D eigenvalue weighted by atomic mass is 19.1. The van der Waals surface area contributed by atoms with Crippen LogP contribution in [-0.2, 0) is 13.0 Å². The molecule has 0 unspecified atom stereocenters. The average molecular weight is 302 g/mol. The van der Waals surface area contributed by atoms with Crippen molar-refractivity contribution in [1.82, 2.24) is 9.88 Å². The van der Waals surface area contributed by atoms with Gasteiger partial charge in [-0.15, -0.1) is 0 Å². The number of nitrogens with zero attached hydrogens (tertiary/aromatic N) is 1. The van der Waals surface area contributed by atoms with Crippen molar-refractivity contribution < 1.29 is 19.1 Å². The Kier molecular flexibility index (Phi) is 3.44. The number of hydrogen-bond donors (Lipinski definition) is 2. The number of H-pyrrole nitrogens is 1. The zero-order chi connectivity index (χ0) is 15.9. The number of amides is 1. The maximum atomic E-state index is 13.7. The van der Waals surface area contributed by atoms with Gasteiger partial charge in [0.1, 0.15) is 5.82 Å². The molecule has 1 aromatic carbocycles. The number of benzene rings is 1. The van der Waals surface area contributed by atoms with E-state index in [9.17, 15) is 14.0 Å². The molecule has 0 fully saturated rings. The molecule has 0 radical (unpaired) electrons. The van der Waals surface area contributed by atoms with Gasteiger partial charge >= 0.3 is 5.97 Å². The van der Waals surface area contributed by atoms with Crippen LogP contribution >= 0.6 is 0 Å². The second kappa shape index (κ2) is 5.29. The number of halogens is 1. The van der Waals surface area contributed by atoms with Gasteiger partial charge in [0.2, 0.25) is 0 Å². The topological polar surface area (TPSA) is 73.4 Å². The highest BCUT2D eigenvalue weighted by Gasteiger charge is 2.25. The van der Waals surface area contributed by atoms with E-state index in [-0.39, 0.29) is 11.5 Å². The molecule has 0 atom stereocenters. The number of carbonyl (C=O) groups is 2. The molecule has 5 nitrogen and oxygen atoms in total. The van der Waals surface area contributed by atoms with Gasteiger partial charge in [-0.25, -0.2) is 9.18 Å². The van der Waals surface area contributed by atoms with E-state index in [1.807, 2.05) is 6.92 Å². The molecular formula is C16H15FN2O3. The Morgan fingerprint density at radius 2 is 2.05 bits per heavy atom. The number of nitrogens with one attached hydrogen (secondary N) is 1. The van der Waals surface area contributed by atoms with Crippen molar-refractivity contribution in [2.45, 2.75) is 19.9 Å². The molecule has 0 saturated heterocycles. The zero-order valence-electron chi connectivity index (χ0n) is 12.0. The lowest BCUT2D eigenvalue weighted by Gasteiger charge is -2.29. The molecule has 3 rings (SSSR count). The Morgan fingerprint density at radius 1 is 1.27 bits per heavy atom. The summed E-state index contributed by atoms with van der Waals surface area (Å²) in [5.41, 5.74) is 2.49. The van der Waals surface area contributed by atoms with Crippen LogP contribution in [0.5, 0.6) is 0 Å². The summed E-state index contributed by atoms with van der Waals surface area (Å²) in [4.78, 5) is 28.1. The molecular weight excluding hydrogens is 287 g/mol. The van der Waals surface area contributed by atoms with Crippen LogP contribution in [0.2, 0.25) is 0 Å². The highest BCUT2D eigenvalue weighted by Crippen LogP contribution is 2.24. The quantitative estimate of drug-likeness (QED) is 0.894. The lowest BCUT2D eigenvalue weighted by molar-refractivity contribution is 0.0691. The number of fused-ring (bicyclic) bond motifs is 1. The Bertz CT molecular complexity index is 767. The lowest BCUT2D eigenvalue weighted by Crippen LogP contribution is -2.36. The van der Waals surface area contributed by atoms with Gasteiger partial charge in [0.05, 0.1) is 11.1 Å². The number of aromatic carboxylic acids is 1. The second-order valence-electron chi connectivity index (χ2n) is 5.40. The molecule has 0 spiro atoms. The van der Waals surface area contributed by atoms with Crippen molar-refractivity contribution in [2.24, 2.45) is 0 Å².